The average Bonchev–Trinajstić information content (AvgIpc) is 2.81. The van der Waals surface area contributed by atoms with E-state index < -0.39 is 16.6 Å². The first-order valence-electron chi connectivity index (χ1n) is 17.5. The van der Waals surface area contributed by atoms with Crippen molar-refractivity contribution in [3.63, 3.8) is 0 Å². The summed E-state index contributed by atoms with van der Waals surface area (Å²) < 4.78 is 14.2. The molecule has 0 heterocycles. The molecule has 0 fully saturated rings. The maximum Gasteiger partial charge on any atom is 0.252 e. The first kappa shape index (κ1) is 37.7. The van der Waals surface area contributed by atoms with Gasteiger partial charge in [-0.15, -0.1) is 0 Å². The minimum absolute atomic E-state index is 0.109. The molecule has 0 N–H and O–H groups in total. The highest BCUT2D eigenvalue weighted by Gasteiger charge is 2.40. The zero-order valence-corrected chi connectivity index (χ0v) is 32.6. The minimum atomic E-state index is -1.92. The lowest BCUT2D eigenvalue weighted by molar-refractivity contribution is 0.473. The van der Waals surface area contributed by atoms with Crippen molar-refractivity contribution in [3.05, 3.63) is 59.7 Å². The standard InChI is InChI=1S/C39H68O2Si2/c1-29(2)23-42(24-30(3)4,25-31(5)6)40-37-19-15-35(16-20-37)39(13,14)36-17-21-38(22-18-36)41-43(26-32(7)8,27-33(9)10)28-34(11)12/h15-22,29-34H,23-28H2,1-14H3. The second kappa shape index (κ2) is 16.2. The fourth-order valence-corrected chi connectivity index (χ4v) is 19.5. The van der Waals surface area contributed by atoms with E-state index in [9.17, 15) is 0 Å². The SMILES string of the molecule is CC(C)C[Si](CC(C)C)(CC(C)C)Oc1ccc(C(C)(C)c2ccc(O[Si](CC(C)C)(CC(C)C)CC(C)C)cc2)cc1. The summed E-state index contributed by atoms with van der Waals surface area (Å²) in [5.74, 6) is 6.04. The maximum absolute atomic E-state index is 7.08. The van der Waals surface area contributed by atoms with Crippen LogP contribution in [-0.2, 0) is 5.41 Å². The highest BCUT2D eigenvalue weighted by atomic mass is 28.4. The Hall–Kier alpha value is -1.53. The third kappa shape index (κ3) is 12.1. The molecule has 0 amide bonds. The highest BCUT2D eigenvalue weighted by Crippen LogP contribution is 2.39. The van der Waals surface area contributed by atoms with Crippen molar-refractivity contribution >= 4 is 16.6 Å². The Kier molecular flexibility index (Phi) is 14.2. The van der Waals surface area contributed by atoms with Gasteiger partial charge in [-0.1, -0.05) is 121 Å². The van der Waals surface area contributed by atoms with Crippen molar-refractivity contribution in [2.24, 2.45) is 35.5 Å². The topological polar surface area (TPSA) is 18.5 Å². The molecule has 244 valence electrons. The van der Waals surface area contributed by atoms with E-state index in [1.165, 1.54) is 47.4 Å². The van der Waals surface area contributed by atoms with Crippen LogP contribution in [0.1, 0.15) is 108 Å². The lowest BCUT2D eigenvalue weighted by Gasteiger charge is -2.37. The summed E-state index contributed by atoms with van der Waals surface area (Å²) in [7, 11) is -3.84. The number of hydrogen-bond donors (Lipinski definition) is 0. The molecule has 43 heavy (non-hydrogen) atoms. The van der Waals surface area contributed by atoms with Crippen molar-refractivity contribution in [3.8, 4) is 11.5 Å². The van der Waals surface area contributed by atoms with E-state index in [1.54, 1.807) is 0 Å². The first-order chi connectivity index (χ1) is 19.9. The molecule has 0 atom stereocenters. The molecule has 0 saturated carbocycles. The molecular formula is C39H68O2Si2. The monoisotopic (exact) mass is 624 g/mol. The Morgan fingerprint density at radius 3 is 0.814 bits per heavy atom. The summed E-state index contributed by atoms with van der Waals surface area (Å²) in [4.78, 5) is 0. The van der Waals surface area contributed by atoms with Crippen molar-refractivity contribution in [2.75, 3.05) is 0 Å². The van der Waals surface area contributed by atoms with Crippen molar-refractivity contribution in [1.29, 1.82) is 0 Å². The Morgan fingerprint density at radius 2 is 0.628 bits per heavy atom. The second-order valence-electron chi connectivity index (χ2n) is 16.8. The molecule has 0 spiro atoms. The van der Waals surface area contributed by atoms with Gasteiger partial charge in [0.25, 0.3) is 16.6 Å². The van der Waals surface area contributed by atoms with E-state index in [2.05, 4.69) is 145 Å². The molecule has 2 rings (SSSR count). The lowest BCUT2D eigenvalue weighted by atomic mass is 9.78. The van der Waals surface area contributed by atoms with Gasteiger partial charge in [0.05, 0.1) is 0 Å². The molecule has 0 bridgehead atoms. The molecule has 2 nitrogen and oxygen atoms in total. The fraction of sp³-hybridized carbons (Fsp3) is 0.692. The van der Waals surface area contributed by atoms with Gasteiger partial charge >= 0.3 is 0 Å². The van der Waals surface area contributed by atoms with E-state index in [1.807, 2.05) is 0 Å². The zero-order valence-electron chi connectivity index (χ0n) is 30.6. The predicted octanol–water partition coefficient (Wildman–Crippen LogP) is 12.6. The number of rotatable bonds is 18. The molecular weight excluding hydrogens is 557 g/mol. The number of hydrogen-bond acceptors (Lipinski definition) is 2. The maximum atomic E-state index is 7.08. The third-order valence-electron chi connectivity index (χ3n) is 8.50. The Bertz CT molecular complexity index is 927. The zero-order chi connectivity index (χ0) is 32.6. The van der Waals surface area contributed by atoms with E-state index in [0.29, 0.717) is 35.5 Å². The van der Waals surface area contributed by atoms with E-state index in [-0.39, 0.29) is 5.41 Å². The van der Waals surface area contributed by atoms with E-state index >= 15 is 0 Å². The van der Waals surface area contributed by atoms with Gasteiger partial charge < -0.3 is 8.85 Å². The molecule has 0 aromatic heterocycles. The van der Waals surface area contributed by atoms with Crippen LogP contribution >= 0.6 is 0 Å². The fourth-order valence-electron chi connectivity index (χ4n) is 7.76. The molecule has 0 aliphatic carbocycles. The van der Waals surface area contributed by atoms with Crippen LogP contribution in [0.25, 0.3) is 0 Å². The molecule has 0 aliphatic heterocycles. The van der Waals surface area contributed by atoms with Crippen LogP contribution in [0.5, 0.6) is 11.5 Å². The van der Waals surface area contributed by atoms with Gasteiger partial charge in [-0.2, -0.15) is 0 Å². The predicted molar refractivity (Wildman–Crippen MR) is 196 cm³/mol. The normalized spacial score (nSPS) is 13.3. The van der Waals surface area contributed by atoms with Crippen LogP contribution in [0.15, 0.2) is 48.5 Å². The van der Waals surface area contributed by atoms with Crippen LogP contribution in [0.4, 0.5) is 0 Å². The lowest BCUT2D eigenvalue weighted by Crippen LogP contribution is -2.45. The van der Waals surface area contributed by atoms with Crippen molar-refractivity contribution in [2.45, 2.75) is 139 Å². The van der Waals surface area contributed by atoms with Crippen LogP contribution in [0.3, 0.4) is 0 Å². The molecule has 0 unspecified atom stereocenters. The minimum Gasteiger partial charge on any atom is -0.543 e. The Morgan fingerprint density at radius 1 is 0.419 bits per heavy atom. The van der Waals surface area contributed by atoms with E-state index in [4.69, 9.17) is 8.85 Å². The van der Waals surface area contributed by atoms with Gasteiger partial charge in [0.1, 0.15) is 11.5 Å². The highest BCUT2D eigenvalue weighted by molar-refractivity contribution is 6.75. The summed E-state index contributed by atoms with van der Waals surface area (Å²) in [5, 5.41) is 0. The summed E-state index contributed by atoms with van der Waals surface area (Å²) in [5.41, 5.74) is 2.53. The molecule has 2 aromatic carbocycles. The van der Waals surface area contributed by atoms with Crippen LogP contribution < -0.4 is 8.85 Å². The molecule has 0 aliphatic rings. The van der Waals surface area contributed by atoms with Gasteiger partial charge in [-0.25, -0.2) is 0 Å². The van der Waals surface area contributed by atoms with E-state index in [0.717, 1.165) is 11.5 Å². The summed E-state index contributed by atoms with van der Waals surface area (Å²) in [6, 6.07) is 25.5. The van der Waals surface area contributed by atoms with Crippen LogP contribution in [0.2, 0.25) is 36.3 Å². The van der Waals surface area contributed by atoms with Gasteiger partial charge in [0.15, 0.2) is 0 Å². The molecule has 4 heteroatoms. The average molecular weight is 625 g/mol. The van der Waals surface area contributed by atoms with Gasteiger partial charge in [0.2, 0.25) is 0 Å². The Balaban J connectivity index is 2.32. The van der Waals surface area contributed by atoms with Gasteiger partial charge in [0, 0.05) is 5.41 Å². The van der Waals surface area contributed by atoms with Crippen molar-refractivity contribution in [1.82, 2.24) is 0 Å². The Labute approximate surface area is 270 Å². The summed E-state index contributed by atoms with van der Waals surface area (Å²) >= 11 is 0. The molecule has 0 radical (unpaired) electrons. The van der Waals surface area contributed by atoms with Crippen molar-refractivity contribution < 1.29 is 8.85 Å². The molecule has 0 saturated heterocycles. The number of benzene rings is 2. The summed E-state index contributed by atoms with van der Waals surface area (Å²) in [6.45, 7) is 32.9. The van der Waals surface area contributed by atoms with Gasteiger partial charge in [-0.05, 0) is 107 Å². The smallest absolute Gasteiger partial charge is 0.252 e. The third-order valence-corrected chi connectivity index (χ3v) is 19.2. The van der Waals surface area contributed by atoms with Gasteiger partial charge in [-0.3, -0.25) is 0 Å². The first-order valence-corrected chi connectivity index (χ1v) is 22.5. The molecule has 2 aromatic rings. The summed E-state index contributed by atoms with van der Waals surface area (Å²) in [6.07, 6.45) is 0. The quantitative estimate of drug-likeness (QED) is 0.154. The van der Waals surface area contributed by atoms with Crippen LogP contribution in [0, 0.1) is 35.5 Å². The second-order valence-corrected chi connectivity index (χ2v) is 24.4. The van der Waals surface area contributed by atoms with Crippen LogP contribution in [-0.4, -0.2) is 16.6 Å². The largest absolute Gasteiger partial charge is 0.543 e.